The van der Waals surface area contributed by atoms with E-state index in [-0.39, 0.29) is 0 Å². The fourth-order valence-corrected chi connectivity index (χ4v) is 5.14. The average molecular weight is 503 g/mol. The van der Waals surface area contributed by atoms with Gasteiger partial charge in [0.1, 0.15) is 12.2 Å². The molecular weight excluding hydrogens is 472 g/mol. The second-order valence-electron chi connectivity index (χ2n) is 9.40. The average Bonchev–Trinajstić information content (AvgIpc) is 3.26. The van der Waals surface area contributed by atoms with Crippen LogP contribution in [0.4, 0.5) is 0 Å². The van der Waals surface area contributed by atoms with E-state index in [2.05, 4.69) is 16.0 Å². The van der Waals surface area contributed by atoms with E-state index in [1.54, 1.807) is 25.2 Å². The zero-order chi connectivity index (χ0) is 25.7. The van der Waals surface area contributed by atoms with Crippen molar-refractivity contribution in [2.45, 2.75) is 44.4 Å². The van der Waals surface area contributed by atoms with E-state index in [0.29, 0.717) is 19.3 Å². The van der Waals surface area contributed by atoms with E-state index in [1.807, 2.05) is 72.1 Å². The molecule has 0 spiro atoms. The molecule has 0 fully saturated rings. The van der Waals surface area contributed by atoms with Crippen molar-refractivity contribution in [1.82, 2.24) is 16.0 Å². The van der Waals surface area contributed by atoms with Crippen LogP contribution in [0, 0.1) is 0 Å². The van der Waals surface area contributed by atoms with Gasteiger partial charge in [0, 0.05) is 17.5 Å². The highest BCUT2D eigenvalue weighted by Gasteiger charge is 2.30. The van der Waals surface area contributed by atoms with Gasteiger partial charge in [-0.25, -0.2) is 0 Å². The Morgan fingerprint density at radius 1 is 0.917 bits per heavy atom. The molecule has 0 unspecified atom stereocenters. The molecule has 4 aromatic rings. The van der Waals surface area contributed by atoms with E-state index < -0.39 is 29.6 Å². The Hall–Kier alpha value is -3.75. The maximum atomic E-state index is 13.5. The highest BCUT2D eigenvalue weighted by atomic mass is 32.1. The molecule has 0 aliphatic heterocycles. The van der Waals surface area contributed by atoms with Crippen molar-refractivity contribution < 1.29 is 14.4 Å². The standard InChI is InChI=1S/C28H30N4O3S/c1-28(2,29)27(35)31-23(14-20-16-36-24-13-6-5-12-22(20)24)26(34)32-25(30-17-33)15-19-10-7-9-18-8-3-4-11-21(18)19/h3-13,16-17,23,25H,14-15,29H2,1-2H3,(H,30,33)(H,31,35)(H,32,34)/t23-,25-/m1/s1. The van der Waals surface area contributed by atoms with Crippen molar-refractivity contribution in [3.8, 4) is 0 Å². The second kappa shape index (κ2) is 10.9. The minimum atomic E-state index is -1.15. The summed E-state index contributed by atoms with van der Waals surface area (Å²) in [5.74, 6) is -0.835. The zero-order valence-corrected chi connectivity index (χ0v) is 21.1. The maximum absolute atomic E-state index is 13.5. The van der Waals surface area contributed by atoms with Gasteiger partial charge in [-0.1, -0.05) is 60.7 Å². The highest BCUT2D eigenvalue weighted by molar-refractivity contribution is 7.17. The molecule has 0 bridgehead atoms. The number of carbonyl (C=O) groups excluding carboxylic acids is 3. The lowest BCUT2D eigenvalue weighted by Crippen LogP contribution is -2.59. The second-order valence-corrected chi connectivity index (χ2v) is 10.3. The molecular formula is C28H30N4O3S. The van der Waals surface area contributed by atoms with Gasteiger partial charge in [-0.15, -0.1) is 11.3 Å². The first-order valence-corrected chi connectivity index (χ1v) is 12.7. The Morgan fingerprint density at radius 2 is 1.61 bits per heavy atom. The quantitative estimate of drug-likeness (QED) is 0.197. The first-order chi connectivity index (χ1) is 17.3. The van der Waals surface area contributed by atoms with Crippen LogP contribution in [0.2, 0.25) is 0 Å². The van der Waals surface area contributed by atoms with E-state index in [1.165, 1.54) is 0 Å². The summed E-state index contributed by atoms with van der Waals surface area (Å²) in [6.07, 6.45) is 0.583. The summed E-state index contributed by atoms with van der Waals surface area (Å²) in [7, 11) is 0. The number of nitrogens with one attached hydrogen (secondary N) is 3. The smallest absolute Gasteiger partial charge is 0.244 e. The Bertz CT molecular complexity index is 1390. The lowest BCUT2D eigenvalue weighted by molar-refractivity contribution is -0.131. The molecule has 36 heavy (non-hydrogen) atoms. The normalized spacial score (nSPS) is 13.2. The molecule has 0 aliphatic rings. The number of amides is 3. The number of benzene rings is 3. The lowest BCUT2D eigenvalue weighted by Gasteiger charge is -2.26. The molecule has 4 rings (SSSR count). The first kappa shape index (κ1) is 25.3. The van der Waals surface area contributed by atoms with E-state index in [4.69, 9.17) is 5.73 Å². The number of hydrogen-bond donors (Lipinski definition) is 4. The predicted molar refractivity (Wildman–Crippen MR) is 145 cm³/mol. The molecule has 3 aromatic carbocycles. The monoisotopic (exact) mass is 502 g/mol. The minimum Gasteiger partial charge on any atom is -0.342 e. The molecule has 0 aliphatic carbocycles. The molecule has 0 saturated carbocycles. The third-order valence-corrected chi connectivity index (χ3v) is 7.09. The summed E-state index contributed by atoms with van der Waals surface area (Å²) in [6.45, 7) is 3.18. The van der Waals surface area contributed by atoms with Gasteiger partial charge in [-0.2, -0.15) is 0 Å². The van der Waals surface area contributed by atoms with Gasteiger partial charge in [0.15, 0.2) is 0 Å². The van der Waals surface area contributed by atoms with Gasteiger partial charge < -0.3 is 21.7 Å². The van der Waals surface area contributed by atoms with Crippen molar-refractivity contribution >= 4 is 50.4 Å². The van der Waals surface area contributed by atoms with E-state index in [9.17, 15) is 14.4 Å². The Labute approximate surface area is 214 Å². The molecule has 1 heterocycles. The zero-order valence-electron chi connectivity index (χ0n) is 20.3. The van der Waals surface area contributed by atoms with Crippen LogP contribution < -0.4 is 21.7 Å². The van der Waals surface area contributed by atoms with Crippen LogP contribution >= 0.6 is 11.3 Å². The SMILES string of the molecule is CC(C)(N)C(=O)N[C@H](Cc1csc2ccccc12)C(=O)N[C@H](Cc1cccc2ccccc12)NC=O. The van der Waals surface area contributed by atoms with Gasteiger partial charge in [0.2, 0.25) is 18.2 Å². The summed E-state index contributed by atoms with van der Waals surface area (Å²) in [5.41, 5.74) is 6.79. The third-order valence-electron chi connectivity index (χ3n) is 6.08. The minimum absolute atomic E-state index is 0.291. The Kier molecular flexibility index (Phi) is 7.67. The van der Waals surface area contributed by atoms with E-state index in [0.717, 1.165) is 32.0 Å². The van der Waals surface area contributed by atoms with Crippen LogP contribution in [0.1, 0.15) is 25.0 Å². The van der Waals surface area contributed by atoms with Crippen LogP contribution in [-0.2, 0) is 27.2 Å². The number of thiophene rings is 1. The predicted octanol–water partition coefficient (Wildman–Crippen LogP) is 3.25. The maximum Gasteiger partial charge on any atom is 0.244 e. The van der Waals surface area contributed by atoms with Crippen molar-refractivity contribution in [3.05, 3.63) is 83.2 Å². The number of carbonyl (C=O) groups is 3. The van der Waals surface area contributed by atoms with Crippen LogP contribution in [-0.4, -0.2) is 36.0 Å². The molecule has 1 aromatic heterocycles. The summed E-state index contributed by atoms with van der Waals surface area (Å²) in [5, 5.41) is 13.6. The largest absolute Gasteiger partial charge is 0.342 e. The van der Waals surface area contributed by atoms with Crippen molar-refractivity contribution in [2.24, 2.45) is 5.73 Å². The van der Waals surface area contributed by atoms with Crippen molar-refractivity contribution in [3.63, 3.8) is 0 Å². The third kappa shape index (κ3) is 5.90. The van der Waals surface area contributed by atoms with Gasteiger partial charge >= 0.3 is 0 Å². The molecule has 2 atom stereocenters. The summed E-state index contributed by atoms with van der Waals surface area (Å²) in [4.78, 5) is 37.6. The van der Waals surface area contributed by atoms with E-state index >= 15 is 0 Å². The number of hydrogen-bond acceptors (Lipinski definition) is 5. The Morgan fingerprint density at radius 3 is 2.36 bits per heavy atom. The van der Waals surface area contributed by atoms with Crippen LogP contribution in [0.5, 0.6) is 0 Å². The molecule has 0 saturated heterocycles. The summed E-state index contributed by atoms with van der Waals surface area (Å²) in [6, 6.07) is 21.0. The van der Waals surface area contributed by atoms with Gasteiger partial charge in [0.05, 0.1) is 5.54 Å². The number of fused-ring (bicyclic) bond motifs is 2. The van der Waals surface area contributed by atoms with Gasteiger partial charge in [-0.3, -0.25) is 14.4 Å². The highest BCUT2D eigenvalue weighted by Crippen LogP contribution is 2.27. The number of nitrogens with two attached hydrogens (primary N) is 1. The fraction of sp³-hybridized carbons (Fsp3) is 0.250. The molecule has 186 valence electrons. The van der Waals surface area contributed by atoms with Crippen molar-refractivity contribution in [2.75, 3.05) is 0 Å². The first-order valence-electron chi connectivity index (χ1n) is 11.8. The molecule has 3 amide bonds. The molecule has 5 N–H and O–H groups in total. The van der Waals surface area contributed by atoms with Crippen LogP contribution in [0.3, 0.4) is 0 Å². The van der Waals surface area contributed by atoms with Crippen molar-refractivity contribution in [1.29, 1.82) is 0 Å². The molecule has 0 radical (unpaired) electrons. The summed E-state index contributed by atoms with van der Waals surface area (Å²) < 4.78 is 1.11. The molecule has 8 heteroatoms. The number of rotatable bonds is 10. The fourth-order valence-electron chi connectivity index (χ4n) is 4.16. The summed E-state index contributed by atoms with van der Waals surface area (Å²) >= 11 is 1.59. The Balaban J connectivity index is 1.58. The van der Waals surface area contributed by atoms with Gasteiger partial charge in [-0.05, 0) is 52.6 Å². The topological polar surface area (TPSA) is 113 Å². The van der Waals surface area contributed by atoms with Crippen LogP contribution in [0.15, 0.2) is 72.1 Å². The van der Waals surface area contributed by atoms with Crippen LogP contribution in [0.25, 0.3) is 20.9 Å². The molecule has 7 nitrogen and oxygen atoms in total. The lowest BCUT2D eigenvalue weighted by atomic mass is 10.00. The van der Waals surface area contributed by atoms with Gasteiger partial charge in [0.25, 0.3) is 0 Å².